The van der Waals surface area contributed by atoms with E-state index in [1.165, 1.54) is 24.2 Å². The van der Waals surface area contributed by atoms with Crippen LogP contribution in [0, 0.1) is 17.8 Å². The predicted molar refractivity (Wildman–Crippen MR) is 57.6 cm³/mol. The Kier molecular flexibility index (Phi) is 2.02. The fraction of sp³-hybridized carbons (Fsp3) is 0.700. The summed E-state index contributed by atoms with van der Waals surface area (Å²) < 4.78 is 0. The molecule has 0 aliphatic heterocycles. The minimum absolute atomic E-state index is 0.226. The van der Waals surface area contributed by atoms with Gasteiger partial charge in [-0.1, -0.05) is 11.3 Å². The van der Waals surface area contributed by atoms with E-state index >= 15 is 0 Å². The van der Waals surface area contributed by atoms with E-state index in [9.17, 15) is 4.79 Å². The number of hydrogen-bond acceptors (Lipinski definition) is 4. The Labute approximate surface area is 92.3 Å². The van der Waals surface area contributed by atoms with Crippen molar-refractivity contribution >= 4 is 22.4 Å². The fourth-order valence-electron chi connectivity index (χ4n) is 2.20. The van der Waals surface area contributed by atoms with Gasteiger partial charge in [-0.15, -0.1) is 10.2 Å². The summed E-state index contributed by atoms with van der Waals surface area (Å²) in [4.78, 5) is 13.7. The van der Waals surface area contributed by atoms with Gasteiger partial charge < -0.3 is 0 Å². The predicted octanol–water partition coefficient (Wildman–Crippen LogP) is 1.55. The summed E-state index contributed by atoms with van der Waals surface area (Å²) in [6, 6.07) is 0. The summed E-state index contributed by atoms with van der Waals surface area (Å²) >= 11 is 1.41. The van der Waals surface area contributed by atoms with Gasteiger partial charge in [-0.2, -0.15) is 0 Å². The highest BCUT2D eigenvalue weighted by Gasteiger charge is 2.52. The van der Waals surface area contributed by atoms with Gasteiger partial charge in [0.15, 0.2) is 0 Å². The number of hydrogen-bond donors (Lipinski definition) is 0. The van der Waals surface area contributed by atoms with Crippen LogP contribution < -0.4 is 4.90 Å². The molecule has 1 amide bonds. The van der Waals surface area contributed by atoms with Gasteiger partial charge in [0.05, 0.1) is 0 Å². The highest BCUT2D eigenvalue weighted by molar-refractivity contribution is 7.13. The Morgan fingerprint density at radius 1 is 1.60 bits per heavy atom. The van der Waals surface area contributed by atoms with Crippen LogP contribution in [0.25, 0.3) is 0 Å². The van der Waals surface area contributed by atoms with Gasteiger partial charge in [-0.3, -0.25) is 9.69 Å². The highest BCUT2D eigenvalue weighted by Crippen LogP contribution is 2.54. The third kappa shape index (κ3) is 1.65. The van der Waals surface area contributed by atoms with Crippen molar-refractivity contribution in [2.24, 2.45) is 17.8 Å². The van der Waals surface area contributed by atoms with E-state index in [0.717, 1.165) is 12.3 Å². The van der Waals surface area contributed by atoms with Crippen molar-refractivity contribution in [3.05, 3.63) is 5.51 Å². The molecule has 5 heteroatoms. The summed E-state index contributed by atoms with van der Waals surface area (Å²) in [7, 11) is 1.80. The average Bonchev–Trinajstić information content (AvgIpc) is 3.12. The zero-order valence-corrected chi connectivity index (χ0v) is 9.41. The normalized spacial score (nSPS) is 28.9. The van der Waals surface area contributed by atoms with E-state index < -0.39 is 0 Å². The second-order valence-electron chi connectivity index (χ2n) is 4.46. The topological polar surface area (TPSA) is 46.1 Å². The van der Waals surface area contributed by atoms with Crippen LogP contribution in [0.4, 0.5) is 5.13 Å². The van der Waals surface area contributed by atoms with Gasteiger partial charge >= 0.3 is 0 Å². The minimum Gasteiger partial charge on any atom is -0.290 e. The third-order valence-electron chi connectivity index (χ3n) is 3.35. The molecule has 15 heavy (non-hydrogen) atoms. The van der Waals surface area contributed by atoms with Crippen LogP contribution in [0.15, 0.2) is 5.51 Å². The summed E-state index contributed by atoms with van der Waals surface area (Å²) in [5.41, 5.74) is 1.66. The molecule has 4 nitrogen and oxygen atoms in total. The lowest BCUT2D eigenvalue weighted by molar-refractivity contribution is -0.119. The fourth-order valence-corrected chi connectivity index (χ4v) is 2.73. The molecular formula is C10H13N3OS. The molecule has 80 valence electrons. The van der Waals surface area contributed by atoms with E-state index in [2.05, 4.69) is 10.2 Å². The first kappa shape index (κ1) is 9.27. The number of carbonyl (C=O) groups excluding carboxylic acids is 1. The van der Waals surface area contributed by atoms with Gasteiger partial charge in [0, 0.05) is 13.0 Å². The van der Waals surface area contributed by atoms with Crippen LogP contribution in [0.3, 0.4) is 0 Å². The molecule has 0 radical (unpaired) electrons. The van der Waals surface area contributed by atoms with Crippen molar-refractivity contribution in [2.45, 2.75) is 19.3 Å². The molecule has 2 saturated carbocycles. The van der Waals surface area contributed by atoms with Crippen molar-refractivity contribution in [1.82, 2.24) is 10.2 Å². The number of anilines is 1. The van der Waals surface area contributed by atoms with Crippen molar-refractivity contribution in [2.75, 3.05) is 11.9 Å². The first-order chi connectivity index (χ1) is 7.27. The molecule has 0 unspecified atom stereocenters. The maximum absolute atomic E-state index is 12.0. The molecular weight excluding hydrogens is 210 g/mol. The van der Waals surface area contributed by atoms with Crippen molar-refractivity contribution in [3.8, 4) is 0 Å². The quantitative estimate of drug-likeness (QED) is 0.781. The number of nitrogens with zero attached hydrogens (tertiary/aromatic N) is 3. The van der Waals surface area contributed by atoms with Crippen LogP contribution in [0.2, 0.25) is 0 Å². The molecule has 0 spiro atoms. The highest BCUT2D eigenvalue weighted by atomic mass is 32.1. The van der Waals surface area contributed by atoms with Crippen LogP contribution in [-0.4, -0.2) is 23.2 Å². The molecule has 0 bridgehead atoms. The van der Waals surface area contributed by atoms with E-state index in [1.807, 2.05) is 0 Å². The Bertz CT molecular complexity index is 374. The van der Waals surface area contributed by atoms with E-state index in [0.29, 0.717) is 11.0 Å². The third-order valence-corrected chi connectivity index (χ3v) is 4.12. The number of amides is 1. The largest absolute Gasteiger partial charge is 0.290 e. The first-order valence-corrected chi connectivity index (χ1v) is 6.19. The van der Waals surface area contributed by atoms with Crippen LogP contribution in [0.1, 0.15) is 19.3 Å². The van der Waals surface area contributed by atoms with E-state index in [4.69, 9.17) is 0 Å². The second kappa shape index (κ2) is 3.27. The van der Waals surface area contributed by atoms with Crippen LogP contribution >= 0.6 is 11.3 Å². The summed E-state index contributed by atoms with van der Waals surface area (Å²) in [5.74, 6) is 2.02. The van der Waals surface area contributed by atoms with Gasteiger partial charge in [0.25, 0.3) is 0 Å². The molecule has 2 aliphatic rings. The lowest BCUT2D eigenvalue weighted by atomic mass is 10.2. The van der Waals surface area contributed by atoms with E-state index in [1.54, 1.807) is 17.5 Å². The molecule has 2 atom stereocenters. The minimum atomic E-state index is 0.226. The zero-order valence-electron chi connectivity index (χ0n) is 8.59. The molecule has 0 N–H and O–H groups in total. The zero-order chi connectivity index (χ0) is 10.4. The van der Waals surface area contributed by atoms with E-state index in [-0.39, 0.29) is 11.8 Å². The Hall–Kier alpha value is -0.970. The van der Waals surface area contributed by atoms with Crippen molar-refractivity contribution in [1.29, 1.82) is 0 Å². The van der Waals surface area contributed by atoms with Crippen molar-refractivity contribution in [3.63, 3.8) is 0 Å². The van der Waals surface area contributed by atoms with Gasteiger partial charge in [0.2, 0.25) is 11.0 Å². The molecule has 0 aromatic carbocycles. The maximum Gasteiger partial charge on any atom is 0.231 e. The van der Waals surface area contributed by atoms with Gasteiger partial charge in [-0.05, 0) is 31.1 Å². The molecule has 0 saturated heterocycles. The summed E-state index contributed by atoms with van der Waals surface area (Å²) in [6.45, 7) is 0. The SMILES string of the molecule is CN(C(=O)[C@H]1C[C@@H]1C1CC1)c1nncs1. The van der Waals surface area contributed by atoms with Crippen molar-refractivity contribution < 1.29 is 4.79 Å². The average molecular weight is 223 g/mol. The smallest absolute Gasteiger partial charge is 0.231 e. The lowest BCUT2D eigenvalue weighted by Crippen LogP contribution is -2.28. The molecule has 3 rings (SSSR count). The van der Waals surface area contributed by atoms with Crippen LogP contribution in [0.5, 0.6) is 0 Å². The standard InChI is InChI=1S/C10H13N3OS/c1-13(10-12-11-5-15-10)9(14)8-4-7(8)6-2-3-6/h5-8H,2-4H2,1H3/t7-,8+/m1/s1. The summed E-state index contributed by atoms with van der Waals surface area (Å²) in [5, 5.41) is 8.36. The monoisotopic (exact) mass is 223 g/mol. The van der Waals surface area contributed by atoms with Crippen LogP contribution in [-0.2, 0) is 4.79 Å². The lowest BCUT2D eigenvalue weighted by Gasteiger charge is -2.12. The van der Waals surface area contributed by atoms with Gasteiger partial charge in [0.1, 0.15) is 5.51 Å². The molecule has 1 aromatic heterocycles. The molecule has 1 heterocycles. The Morgan fingerprint density at radius 2 is 2.40 bits per heavy atom. The molecule has 1 aromatic rings. The molecule has 2 fully saturated rings. The summed E-state index contributed by atoms with van der Waals surface area (Å²) in [6.07, 6.45) is 3.75. The maximum atomic E-state index is 12.0. The first-order valence-electron chi connectivity index (χ1n) is 5.31. The Balaban J connectivity index is 1.65. The molecule has 2 aliphatic carbocycles. The Morgan fingerprint density at radius 3 is 3.00 bits per heavy atom. The van der Waals surface area contributed by atoms with Gasteiger partial charge in [-0.25, -0.2) is 0 Å². The number of carbonyl (C=O) groups is 1. The number of aromatic nitrogens is 2. The second-order valence-corrected chi connectivity index (χ2v) is 5.27. The number of rotatable bonds is 3.